The Morgan fingerprint density at radius 3 is 1.48 bits per heavy atom. The summed E-state index contributed by atoms with van der Waals surface area (Å²) in [4.78, 5) is 51.5. The first-order chi connectivity index (χ1) is 26.5. The first-order valence-corrected chi connectivity index (χ1v) is 25.2. The van der Waals surface area contributed by atoms with Crippen molar-refractivity contribution in [1.82, 2.24) is 0 Å². The molecule has 4 saturated heterocycles. The Kier molecular flexibility index (Phi) is 17.3. The Labute approximate surface area is 341 Å². The Morgan fingerprint density at radius 1 is 0.603 bits per heavy atom. The van der Waals surface area contributed by atoms with E-state index in [0.29, 0.717) is 0 Å². The van der Waals surface area contributed by atoms with Gasteiger partial charge < -0.3 is 74.7 Å². The largest absolute Gasteiger partial charge is 0.756 e. The van der Waals surface area contributed by atoms with Crippen LogP contribution in [0.1, 0.15) is 94.9 Å². The van der Waals surface area contributed by atoms with Crippen molar-refractivity contribution in [2.75, 3.05) is 19.8 Å². The zero-order chi connectivity index (χ0) is 43.6. The molecule has 9 unspecified atom stereocenters. The van der Waals surface area contributed by atoms with Crippen molar-refractivity contribution in [2.45, 2.75) is 174 Å². The highest BCUT2D eigenvalue weighted by Crippen LogP contribution is 2.51. The van der Waals surface area contributed by atoms with E-state index in [-0.39, 0.29) is 43.3 Å². The summed E-state index contributed by atoms with van der Waals surface area (Å²) in [5.74, 6) is 0.0336. The van der Waals surface area contributed by atoms with Gasteiger partial charge in [0.2, 0.25) is 0 Å². The highest BCUT2D eigenvalue weighted by atomic mass is 31.2. The van der Waals surface area contributed by atoms with Gasteiger partial charge in [-0.25, -0.2) is 0 Å². The number of hydrogen-bond donors (Lipinski definition) is 0. The molecule has 17 atom stereocenters. The molecule has 4 rings (SSSR count). The highest BCUT2D eigenvalue weighted by Gasteiger charge is 2.45. The van der Waals surface area contributed by atoms with Crippen LogP contribution in [0.5, 0.6) is 0 Å². The summed E-state index contributed by atoms with van der Waals surface area (Å²) in [5.41, 5.74) is -1.24. The molecule has 4 aliphatic heterocycles. The predicted octanol–water partition coefficient (Wildman–Crippen LogP) is 3.82. The van der Waals surface area contributed by atoms with Crippen LogP contribution in [-0.4, -0.2) is 98.7 Å². The second-order valence-electron chi connectivity index (χ2n) is 17.4. The van der Waals surface area contributed by atoms with Gasteiger partial charge in [-0.15, -0.1) is 6.58 Å². The van der Waals surface area contributed by atoms with Gasteiger partial charge in [0.15, 0.2) is 0 Å². The van der Waals surface area contributed by atoms with Crippen LogP contribution in [0.4, 0.5) is 0 Å². The van der Waals surface area contributed by atoms with Crippen molar-refractivity contribution in [2.24, 2.45) is 11.3 Å². The molecule has 0 aliphatic carbocycles. The quantitative estimate of drug-likeness (QED) is 0.124. The normalized spacial score (nSPS) is 38.2. The number of phosphoric acid groups is 4. The van der Waals surface area contributed by atoms with Crippen molar-refractivity contribution in [3.05, 3.63) is 12.7 Å². The minimum Gasteiger partial charge on any atom is -0.756 e. The summed E-state index contributed by atoms with van der Waals surface area (Å²) >= 11 is 0. The maximum Gasteiger partial charge on any atom is 0.268 e. The van der Waals surface area contributed by atoms with Crippen LogP contribution in [-0.2, 0) is 73.4 Å². The van der Waals surface area contributed by atoms with Crippen LogP contribution in [0.2, 0.25) is 0 Å². The third-order valence-electron chi connectivity index (χ3n) is 9.82. The fourth-order valence-electron chi connectivity index (χ4n) is 7.47. The molecule has 340 valence electrons. The van der Waals surface area contributed by atoms with E-state index in [1.54, 1.807) is 20.8 Å². The zero-order valence-electron chi connectivity index (χ0n) is 34.7. The Hall–Kier alpha value is 0.0200. The van der Waals surface area contributed by atoms with Crippen LogP contribution in [0, 0.1) is 11.3 Å². The molecule has 20 nitrogen and oxygen atoms in total. The fourth-order valence-corrected chi connectivity index (χ4v) is 11.5. The van der Waals surface area contributed by atoms with Gasteiger partial charge in [-0.05, 0) is 66.2 Å². The van der Waals surface area contributed by atoms with Gasteiger partial charge >= 0.3 is 0 Å². The monoisotopic (exact) mass is 912 g/mol. The highest BCUT2D eigenvalue weighted by molar-refractivity contribution is 7.46. The summed E-state index contributed by atoms with van der Waals surface area (Å²) in [5, 5.41) is 0. The maximum atomic E-state index is 13.3. The molecule has 0 saturated carbocycles. The molecule has 0 aromatic heterocycles. The van der Waals surface area contributed by atoms with E-state index in [1.165, 1.54) is 20.8 Å². The lowest BCUT2D eigenvalue weighted by molar-refractivity contribution is -0.241. The van der Waals surface area contributed by atoms with Crippen LogP contribution in [0.25, 0.3) is 0 Å². The molecule has 0 bridgehead atoms. The summed E-state index contributed by atoms with van der Waals surface area (Å²) in [6.07, 6.45) is -9.09. The minimum absolute atomic E-state index is 0.00930. The van der Waals surface area contributed by atoms with E-state index in [1.807, 2.05) is 27.7 Å². The SMILES string of the molecule is C=CC(OP(=O)([O-])OC1C[C@H](C)O[C@@H]1COP(=O)([O-])OC1C[C@H](C)O[C@@H]1COP(=O)([O-])OC(C)(C)C)[C@H]1O[C@@H](C)CC1OP(=O)([O-])OC[C@H]1O[C@@H](C)CC1C(C)(C)C. The van der Waals surface area contributed by atoms with Gasteiger partial charge in [-0.1, -0.05) is 26.8 Å². The van der Waals surface area contributed by atoms with Crippen molar-refractivity contribution in [1.29, 1.82) is 0 Å². The number of ether oxygens (including phenoxy) is 4. The van der Waals surface area contributed by atoms with E-state index in [4.69, 9.17) is 55.1 Å². The molecule has 4 heterocycles. The summed E-state index contributed by atoms with van der Waals surface area (Å²) < 4.78 is 116. The molecular weight excluding hydrogens is 852 g/mol. The van der Waals surface area contributed by atoms with E-state index >= 15 is 0 Å². The summed E-state index contributed by atoms with van der Waals surface area (Å²) in [6, 6.07) is 0. The van der Waals surface area contributed by atoms with E-state index in [2.05, 4.69) is 6.58 Å². The summed E-state index contributed by atoms with van der Waals surface area (Å²) in [7, 11) is -20.1. The summed E-state index contributed by atoms with van der Waals surface area (Å²) in [6.45, 7) is 19.5. The molecule has 4 aliphatic rings. The molecule has 0 N–H and O–H groups in total. The van der Waals surface area contributed by atoms with Crippen molar-refractivity contribution in [3.8, 4) is 0 Å². The molecular formula is C34H60O20P4-4. The number of hydrogen-bond acceptors (Lipinski definition) is 20. The smallest absolute Gasteiger partial charge is 0.268 e. The zero-order valence-corrected chi connectivity index (χ0v) is 38.3. The first kappa shape index (κ1) is 50.7. The van der Waals surface area contributed by atoms with Crippen molar-refractivity contribution in [3.63, 3.8) is 0 Å². The number of rotatable bonds is 20. The van der Waals surface area contributed by atoms with Gasteiger partial charge in [-0.2, -0.15) is 0 Å². The third-order valence-corrected chi connectivity index (χ3v) is 14.1. The van der Waals surface area contributed by atoms with Crippen LogP contribution in [0.15, 0.2) is 12.7 Å². The lowest BCUT2D eigenvalue weighted by Crippen LogP contribution is -2.39. The van der Waals surface area contributed by atoms with Gasteiger partial charge in [0.05, 0.1) is 74.3 Å². The second-order valence-corrected chi connectivity index (χ2v) is 22.8. The van der Waals surface area contributed by atoms with Crippen LogP contribution >= 0.6 is 31.3 Å². The van der Waals surface area contributed by atoms with Crippen molar-refractivity contribution >= 4 is 31.3 Å². The van der Waals surface area contributed by atoms with Crippen LogP contribution < -0.4 is 19.6 Å². The Balaban J connectivity index is 1.32. The molecule has 4 fully saturated rings. The van der Waals surface area contributed by atoms with E-state index in [0.717, 1.165) is 12.5 Å². The molecule has 24 heteroatoms. The molecule has 0 radical (unpaired) electrons. The molecule has 0 amide bonds. The Bertz CT molecular complexity index is 1570. The standard InChI is InChI=1S/C34H64O20P4/c1-12-25(32-28(16-23(5)49-32)53-56(37,38)43-17-29-24(33(6,7)8)13-20(2)46-29)50-58(41,42)52-27-15-22(4)47-30(27)18-44-55(35,36)51-26-14-21(3)48-31(26)19-45-57(39,40)54-34(9,10)11/h12,20-32H,1,13-19H2,2-11H3,(H,35,36)(H,37,38)(H,39,40)(H,41,42)/p-4/t20-,21-,22-,23-,24?,25?,26?,27?,28?,29+,30+,31+,32+/m0/s1. The Morgan fingerprint density at radius 2 is 1.00 bits per heavy atom. The van der Waals surface area contributed by atoms with Crippen molar-refractivity contribution < 1.29 is 93.0 Å². The van der Waals surface area contributed by atoms with Crippen LogP contribution in [0.3, 0.4) is 0 Å². The minimum atomic E-state index is -5.28. The lowest BCUT2D eigenvalue weighted by Gasteiger charge is -2.36. The van der Waals surface area contributed by atoms with Gasteiger partial charge in [-0.3, -0.25) is 18.3 Å². The second kappa shape index (κ2) is 19.8. The topological polar surface area (TPSA) is 271 Å². The molecule has 0 aromatic carbocycles. The van der Waals surface area contributed by atoms with Gasteiger partial charge in [0.1, 0.15) is 24.4 Å². The average molecular weight is 913 g/mol. The van der Waals surface area contributed by atoms with Gasteiger partial charge in [0.25, 0.3) is 31.3 Å². The van der Waals surface area contributed by atoms with Gasteiger partial charge in [0, 0.05) is 19.3 Å². The lowest BCUT2D eigenvalue weighted by atomic mass is 9.76. The molecule has 0 spiro atoms. The molecule has 58 heavy (non-hydrogen) atoms. The number of phosphoric ester groups is 4. The predicted molar refractivity (Wildman–Crippen MR) is 198 cm³/mol. The maximum absolute atomic E-state index is 13.3. The first-order valence-electron chi connectivity index (χ1n) is 19.3. The fraction of sp³-hybridized carbons (Fsp3) is 0.941. The molecule has 0 aromatic rings. The average Bonchev–Trinajstić information content (AvgIpc) is 3.80. The van der Waals surface area contributed by atoms with E-state index < -0.39 is 117 Å². The van der Waals surface area contributed by atoms with E-state index in [9.17, 15) is 37.8 Å². The third kappa shape index (κ3) is 15.7.